The Labute approximate surface area is 201 Å². The van der Waals surface area contributed by atoms with E-state index in [1.54, 1.807) is 18.2 Å². The van der Waals surface area contributed by atoms with Crippen molar-refractivity contribution < 1.29 is 28.7 Å². The van der Waals surface area contributed by atoms with Gasteiger partial charge in [-0.2, -0.15) is 0 Å². The Morgan fingerprint density at radius 3 is 2.56 bits per heavy atom. The monoisotopic (exact) mass is 472 g/mol. The minimum absolute atomic E-state index is 0.194. The first-order valence-corrected chi connectivity index (χ1v) is 12.2. The van der Waals surface area contributed by atoms with Crippen molar-refractivity contribution in [3.8, 4) is 5.75 Å². The molecule has 34 heavy (non-hydrogen) atoms. The fraction of sp³-hybridized carbons (Fsp3) is 0.615. The third kappa shape index (κ3) is 5.77. The van der Waals surface area contributed by atoms with Crippen molar-refractivity contribution in [3.63, 3.8) is 0 Å². The molecule has 186 valence electrons. The highest BCUT2D eigenvalue weighted by molar-refractivity contribution is 6.05. The third-order valence-corrected chi connectivity index (χ3v) is 6.21. The van der Waals surface area contributed by atoms with Gasteiger partial charge in [-0.3, -0.25) is 19.3 Å². The van der Waals surface area contributed by atoms with Crippen molar-refractivity contribution in [1.29, 1.82) is 0 Å². The predicted molar refractivity (Wildman–Crippen MR) is 126 cm³/mol. The number of fused-ring (bicyclic) bond motifs is 1. The average Bonchev–Trinajstić information content (AvgIpc) is 3.10. The molecule has 0 aliphatic carbocycles. The molecule has 0 saturated carbocycles. The fourth-order valence-corrected chi connectivity index (χ4v) is 4.38. The van der Waals surface area contributed by atoms with Gasteiger partial charge in [0.1, 0.15) is 17.4 Å². The molecule has 3 amide bonds. The van der Waals surface area contributed by atoms with Crippen LogP contribution in [0.25, 0.3) is 0 Å². The van der Waals surface area contributed by atoms with Crippen molar-refractivity contribution in [2.75, 3.05) is 7.05 Å². The Bertz CT molecular complexity index is 951. The lowest BCUT2D eigenvalue weighted by Gasteiger charge is -2.33. The number of unbranched alkanes of at least 4 members (excludes halogenated alkanes) is 3. The number of nitrogens with zero attached hydrogens (tertiary/aromatic N) is 2. The maximum atomic E-state index is 13.2. The smallest absolute Gasteiger partial charge is 0.347 e. The molecule has 2 heterocycles. The van der Waals surface area contributed by atoms with Gasteiger partial charge in [-0.15, -0.1) is 0 Å². The molecule has 0 N–H and O–H groups in total. The van der Waals surface area contributed by atoms with Crippen LogP contribution in [0.2, 0.25) is 0 Å². The second-order valence-corrected chi connectivity index (χ2v) is 10.1. The number of imide groups is 1. The molecule has 2 atom stereocenters. The second-order valence-electron chi connectivity index (χ2n) is 10.1. The lowest BCUT2D eigenvalue weighted by Crippen LogP contribution is -2.53. The summed E-state index contributed by atoms with van der Waals surface area (Å²) in [5.74, 6) is -0.851. The topological polar surface area (TPSA) is 93.2 Å². The van der Waals surface area contributed by atoms with Crippen molar-refractivity contribution in [2.24, 2.45) is 0 Å². The van der Waals surface area contributed by atoms with Crippen molar-refractivity contribution >= 4 is 23.7 Å². The summed E-state index contributed by atoms with van der Waals surface area (Å²) in [6.45, 7) is 7.78. The summed E-state index contributed by atoms with van der Waals surface area (Å²) in [6.07, 6.45) is 4.24. The SMILES string of the molecule is CCCCCCC(Oc1cccc2c1CN(C1CCC(=O)N(C)C1=O)C2=O)C(=O)OC(C)(C)C. The van der Waals surface area contributed by atoms with E-state index in [-0.39, 0.29) is 30.7 Å². The number of likely N-dealkylation sites (tertiary alicyclic amines) is 1. The molecule has 2 aliphatic rings. The Balaban J connectivity index is 1.81. The molecule has 3 rings (SSSR count). The zero-order chi connectivity index (χ0) is 25.0. The van der Waals surface area contributed by atoms with E-state index in [1.165, 1.54) is 11.9 Å². The van der Waals surface area contributed by atoms with E-state index in [2.05, 4.69) is 6.92 Å². The van der Waals surface area contributed by atoms with Crippen LogP contribution in [0.4, 0.5) is 0 Å². The molecular weight excluding hydrogens is 436 g/mol. The standard InChI is InChI=1S/C26H36N2O6/c1-6-7-8-9-12-21(25(32)34-26(2,3)4)33-20-13-10-11-17-18(20)16-28(23(17)30)19-14-15-22(29)27(5)24(19)31/h10-11,13,19,21H,6-9,12,14-16H2,1-5H3. The maximum Gasteiger partial charge on any atom is 0.347 e. The van der Waals surface area contributed by atoms with Gasteiger partial charge in [-0.1, -0.05) is 32.3 Å². The van der Waals surface area contributed by atoms with Crippen LogP contribution in [0.5, 0.6) is 5.75 Å². The van der Waals surface area contributed by atoms with E-state index in [9.17, 15) is 19.2 Å². The fourth-order valence-electron chi connectivity index (χ4n) is 4.38. The van der Waals surface area contributed by atoms with Crippen LogP contribution in [0.3, 0.4) is 0 Å². The summed E-state index contributed by atoms with van der Waals surface area (Å²) < 4.78 is 11.8. The number of benzene rings is 1. The van der Waals surface area contributed by atoms with Crippen molar-refractivity contribution in [3.05, 3.63) is 29.3 Å². The number of likely N-dealkylation sites (N-methyl/N-ethyl adjacent to an activating group) is 1. The van der Waals surface area contributed by atoms with Gasteiger partial charge in [0.05, 0.1) is 6.54 Å². The van der Waals surface area contributed by atoms with Gasteiger partial charge in [0, 0.05) is 24.6 Å². The second kappa shape index (κ2) is 10.6. The van der Waals surface area contributed by atoms with E-state index < -0.39 is 23.7 Å². The zero-order valence-electron chi connectivity index (χ0n) is 20.9. The lowest BCUT2D eigenvalue weighted by molar-refractivity contribution is -0.163. The third-order valence-electron chi connectivity index (χ3n) is 6.21. The Morgan fingerprint density at radius 1 is 1.15 bits per heavy atom. The van der Waals surface area contributed by atoms with Crippen LogP contribution in [0, 0.1) is 0 Å². The van der Waals surface area contributed by atoms with E-state index in [0.29, 0.717) is 29.7 Å². The van der Waals surface area contributed by atoms with Gasteiger partial charge < -0.3 is 14.4 Å². The average molecular weight is 473 g/mol. The summed E-state index contributed by atoms with van der Waals surface area (Å²) in [6, 6.07) is 4.48. The Kier molecular flexibility index (Phi) is 8.00. The number of rotatable bonds is 9. The maximum absolute atomic E-state index is 13.2. The van der Waals surface area contributed by atoms with Crippen LogP contribution < -0.4 is 4.74 Å². The molecule has 8 nitrogen and oxygen atoms in total. The van der Waals surface area contributed by atoms with Gasteiger partial charge >= 0.3 is 5.97 Å². The highest BCUT2D eigenvalue weighted by Gasteiger charge is 2.42. The van der Waals surface area contributed by atoms with E-state index in [1.807, 2.05) is 20.8 Å². The summed E-state index contributed by atoms with van der Waals surface area (Å²) in [4.78, 5) is 53.2. The molecule has 1 aromatic rings. The first-order chi connectivity index (χ1) is 16.0. The lowest BCUT2D eigenvalue weighted by atomic mass is 10.0. The van der Waals surface area contributed by atoms with Crippen molar-refractivity contribution in [1.82, 2.24) is 9.80 Å². The van der Waals surface area contributed by atoms with Gasteiger partial charge in [0.2, 0.25) is 5.91 Å². The molecule has 1 fully saturated rings. The molecular formula is C26H36N2O6. The number of carbonyl (C=O) groups is 4. The molecule has 0 bridgehead atoms. The molecule has 0 aromatic heterocycles. The predicted octanol–water partition coefficient (Wildman–Crippen LogP) is 3.85. The first kappa shape index (κ1) is 25.7. The molecule has 2 aliphatic heterocycles. The Hall–Kier alpha value is -2.90. The van der Waals surface area contributed by atoms with Crippen LogP contribution in [0.1, 0.15) is 88.6 Å². The number of hydrogen-bond acceptors (Lipinski definition) is 6. The van der Waals surface area contributed by atoms with Crippen LogP contribution in [-0.2, 0) is 25.7 Å². The normalized spacial score (nSPS) is 19.3. The van der Waals surface area contributed by atoms with E-state index >= 15 is 0 Å². The van der Waals surface area contributed by atoms with E-state index in [4.69, 9.17) is 9.47 Å². The zero-order valence-corrected chi connectivity index (χ0v) is 20.9. The first-order valence-electron chi connectivity index (χ1n) is 12.2. The molecule has 1 saturated heterocycles. The van der Waals surface area contributed by atoms with Crippen LogP contribution in [-0.4, -0.2) is 58.3 Å². The number of esters is 1. The summed E-state index contributed by atoms with van der Waals surface area (Å²) in [5.41, 5.74) is 0.471. The largest absolute Gasteiger partial charge is 0.478 e. The number of piperidine rings is 1. The molecule has 8 heteroatoms. The molecule has 1 aromatic carbocycles. The van der Waals surface area contributed by atoms with E-state index in [0.717, 1.165) is 30.6 Å². The minimum atomic E-state index is -0.785. The summed E-state index contributed by atoms with van der Waals surface area (Å²) >= 11 is 0. The van der Waals surface area contributed by atoms with Crippen LogP contribution >= 0.6 is 0 Å². The van der Waals surface area contributed by atoms with Gasteiger partial charge in [-0.05, 0) is 52.2 Å². The quantitative estimate of drug-likeness (QED) is 0.308. The molecule has 2 unspecified atom stereocenters. The minimum Gasteiger partial charge on any atom is -0.478 e. The van der Waals surface area contributed by atoms with Gasteiger partial charge in [-0.25, -0.2) is 4.79 Å². The van der Waals surface area contributed by atoms with Gasteiger partial charge in [0.15, 0.2) is 6.10 Å². The highest BCUT2D eigenvalue weighted by Crippen LogP contribution is 2.35. The van der Waals surface area contributed by atoms with Gasteiger partial charge in [0.25, 0.3) is 11.8 Å². The molecule has 0 radical (unpaired) electrons. The van der Waals surface area contributed by atoms with Crippen molar-refractivity contribution in [2.45, 2.75) is 96.9 Å². The summed E-state index contributed by atoms with van der Waals surface area (Å²) in [7, 11) is 1.45. The number of hydrogen-bond donors (Lipinski definition) is 0. The summed E-state index contributed by atoms with van der Waals surface area (Å²) in [5, 5.41) is 0. The Morgan fingerprint density at radius 2 is 1.88 bits per heavy atom. The number of ether oxygens (including phenoxy) is 2. The highest BCUT2D eigenvalue weighted by atomic mass is 16.6. The molecule has 0 spiro atoms. The number of amides is 3. The van der Waals surface area contributed by atoms with Crippen LogP contribution in [0.15, 0.2) is 18.2 Å². The number of carbonyl (C=O) groups excluding carboxylic acids is 4.